The van der Waals surface area contributed by atoms with E-state index < -0.39 is 0 Å². The highest BCUT2D eigenvalue weighted by molar-refractivity contribution is 6.31. The molecule has 0 radical (unpaired) electrons. The van der Waals surface area contributed by atoms with Crippen molar-refractivity contribution in [3.05, 3.63) is 79.6 Å². The van der Waals surface area contributed by atoms with Crippen molar-refractivity contribution in [2.75, 3.05) is 32.4 Å². The van der Waals surface area contributed by atoms with Crippen molar-refractivity contribution >= 4 is 23.2 Å². The molecule has 43 heavy (non-hydrogen) atoms. The van der Waals surface area contributed by atoms with E-state index in [1.165, 1.54) is 18.7 Å². The second-order valence-electron chi connectivity index (χ2n) is 11.5. The molecule has 1 aromatic heterocycles. The minimum atomic E-state index is -0.284. The van der Waals surface area contributed by atoms with E-state index in [1.54, 1.807) is 13.0 Å². The zero-order chi connectivity index (χ0) is 30.7. The number of amides is 1. The predicted octanol–water partition coefficient (Wildman–Crippen LogP) is 5.58. The number of nitrogens with one attached hydrogen (secondary N) is 2. The third-order valence-corrected chi connectivity index (χ3v) is 8.92. The quantitative estimate of drug-likeness (QED) is 0.310. The summed E-state index contributed by atoms with van der Waals surface area (Å²) in [5, 5.41) is 3.40. The Bertz CT molecular complexity index is 1530. The van der Waals surface area contributed by atoms with Gasteiger partial charge in [-0.25, -0.2) is 0 Å². The zero-order valence-corrected chi connectivity index (χ0v) is 26.3. The fourth-order valence-corrected chi connectivity index (χ4v) is 6.60. The van der Waals surface area contributed by atoms with Gasteiger partial charge in [0.15, 0.2) is 22.8 Å². The van der Waals surface area contributed by atoms with Gasteiger partial charge in [0.25, 0.3) is 5.91 Å². The molecule has 1 amide bonds. The third-order valence-electron chi connectivity index (χ3n) is 8.70. The molecule has 5 rings (SSSR count). The Kier molecular flexibility index (Phi) is 9.52. The predicted molar refractivity (Wildman–Crippen MR) is 169 cm³/mol. The molecule has 9 nitrogen and oxygen atoms in total. The van der Waals surface area contributed by atoms with Crippen LogP contribution in [0.1, 0.15) is 65.3 Å². The van der Waals surface area contributed by atoms with E-state index in [0.717, 1.165) is 61.5 Å². The highest BCUT2D eigenvalue weighted by Crippen LogP contribution is 2.36. The van der Waals surface area contributed by atoms with Crippen molar-refractivity contribution in [2.45, 2.75) is 71.6 Å². The Hall–Kier alpha value is -3.69. The van der Waals surface area contributed by atoms with Gasteiger partial charge in [-0.3, -0.25) is 14.5 Å². The van der Waals surface area contributed by atoms with Crippen LogP contribution in [0.4, 0.5) is 5.69 Å². The number of ether oxygens (including phenoxy) is 3. The number of H-pyrrole nitrogens is 1. The van der Waals surface area contributed by atoms with Crippen LogP contribution in [0.25, 0.3) is 0 Å². The monoisotopic (exact) mass is 608 g/mol. The Morgan fingerprint density at radius 2 is 1.79 bits per heavy atom. The first-order chi connectivity index (χ1) is 20.7. The Morgan fingerprint density at radius 1 is 1.07 bits per heavy atom. The van der Waals surface area contributed by atoms with Gasteiger partial charge >= 0.3 is 0 Å². The molecule has 2 heterocycles. The molecule has 1 fully saturated rings. The maximum Gasteiger partial charge on any atom is 0.251 e. The summed E-state index contributed by atoms with van der Waals surface area (Å²) >= 11 is 6.59. The first kappa shape index (κ1) is 30.8. The fraction of sp³-hybridized carbons (Fsp3) is 0.455. The number of hydrogen-bond acceptors (Lipinski definition) is 7. The number of aromatic amines is 1. The lowest BCUT2D eigenvalue weighted by molar-refractivity contribution is 0.0950. The molecule has 0 unspecified atom stereocenters. The minimum absolute atomic E-state index is 0.0419. The summed E-state index contributed by atoms with van der Waals surface area (Å²) < 4.78 is 16.3. The normalized spacial score (nSPS) is 17.7. The van der Waals surface area contributed by atoms with Crippen LogP contribution in [-0.4, -0.2) is 55.4 Å². The molecule has 0 atom stereocenters. The number of aromatic nitrogens is 1. The van der Waals surface area contributed by atoms with Gasteiger partial charge in [-0.1, -0.05) is 17.7 Å². The summed E-state index contributed by atoms with van der Waals surface area (Å²) in [5.74, 6) is 1.70. The molecule has 2 aliphatic rings. The number of carbonyl (C=O) groups excluding carboxylic acids is 1. The van der Waals surface area contributed by atoms with Crippen molar-refractivity contribution in [1.29, 1.82) is 0 Å². The molecular weight excluding hydrogens is 568 g/mol. The maximum absolute atomic E-state index is 13.4. The van der Waals surface area contributed by atoms with Gasteiger partial charge in [-0.15, -0.1) is 0 Å². The zero-order valence-electron chi connectivity index (χ0n) is 25.6. The molecule has 1 aliphatic heterocycles. The van der Waals surface area contributed by atoms with E-state index in [-0.39, 0.29) is 24.7 Å². The molecule has 2 aromatic carbocycles. The molecule has 1 aliphatic carbocycles. The van der Waals surface area contributed by atoms with Crippen LogP contribution in [0.2, 0.25) is 5.02 Å². The van der Waals surface area contributed by atoms with Gasteiger partial charge in [0.2, 0.25) is 6.79 Å². The summed E-state index contributed by atoms with van der Waals surface area (Å²) in [7, 11) is 3.69. The number of halogens is 1. The van der Waals surface area contributed by atoms with E-state index in [9.17, 15) is 9.59 Å². The number of nitrogens with zero attached hydrogens (tertiary/aromatic N) is 2. The Labute approximate surface area is 258 Å². The highest BCUT2D eigenvalue weighted by atomic mass is 35.5. The molecule has 3 aromatic rings. The topological polar surface area (TPSA) is 96.1 Å². The Balaban J connectivity index is 1.25. The Morgan fingerprint density at radius 3 is 2.51 bits per heavy atom. The van der Waals surface area contributed by atoms with E-state index in [4.69, 9.17) is 25.8 Å². The lowest BCUT2D eigenvalue weighted by Gasteiger charge is -2.41. The van der Waals surface area contributed by atoms with Gasteiger partial charge in [0.1, 0.15) is 0 Å². The maximum atomic E-state index is 13.4. The molecule has 2 N–H and O–H groups in total. The second-order valence-corrected chi connectivity index (χ2v) is 11.9. The number of carbonyl (C=O) groups is 1. The minimum Gasteiger partial charge on any atom is -0.482 e. The molecular formula is C33H41ClN4O5. The number of pyridine rings is 1. The number of benzene rings is 2. The van der Waals surface area contributed by atoms with Gasteiger partial charge in [0.05, 0.1) is 19.2 Å². The molecule has 230 valence electrons. The van der Waals surface area contributed by atoms with Gasteiger partial charge in [-0.2, -0.15) is 0 Å². The smallest absolute Gasteiger partial charge is 0.251 e. The lowest BCUT2D eigenvalue weighted by atomic mass is 9.88. The van der Waals surface area contributed by atoms with E-state index in [2.05, 4.69) is 46.2 Å². The largest absolute Gasteiger partial charge is 0.482 e. The van der Waals surface area contributed by atoms with E-state index >= 15 is 0 Å². The number of hydrogen-bond donors (Lipinski definition) is 2. The third kappa shape index (κ3) is 6.78. The second kappa shape index (κ2) is 13.3. The average Bonchev–Trinajstić information content (AvgIpc) is 3.46. The van der Waals surface area contributed by atoms with Crippen molar-refractivity contribution in [3.63, 3.8) is 0 Å². The molecule has 0 bridgehead atoms. The average molecular weight is 609 g/mol. The number of anilines is 1. The van der Waals surface area contributed by atoms with Crippen LogP contribution in [0, 0.1) is 13.8 Å². The number of aryl methyl sites for hydroxylation is 1. The summed E-state index contributed by atoms with van der Waals surface area (Å²) in [6.45, 7) is 7.89. The van der Waals surface area contributed by atoms with Gasteiger partial charge < -0.3 is 29.4 Å². The van der Waals surface area contributed by atoms with Crippen LogP contribution in [0.15, 0.2) is 41.2 Å². The summed E-state index contributed by atoms with van der Waals surface area (Å²) in [6.07, 6.45) is 4.27. The first-order valence-electron chi connectivity index (χ1n) is 14.9. The van der Waals surface area contributed by atoms with Crippen LogP contribution < -0.4 is 29.9 Å². The first-order valence-corrected chi connectivity index (χ1v) is 15.3. The van der Waals surface area contributed by atoms with E-state index in [1.807, 2.05) is 19.1 Å². The molecule has 10 heteroatoms. The number of rotatable bonds is 10. The van der Waals surface area contributed by atoms with Crippen molar-refractivity contribution < 1.29 is 19.0 Å². The van der Waals surface area contributed by atoms with Crippen LogP contribution in [-0.2, 0) is 13.1 Å². The van der Waals surface area contributed by atoms with Gasteiger partial charge in [-0.05, 0) is 88.9 Å². The van der Waals surface area contributed by atoms with Crippen molar-refractivity contribution in [3.8, 4) is 17.4 Å². The molecule has 0 saturated heterocycles. The summed E-state index contributed by atoms with van der Waals surface area (Å²) in [5.41, 5.74) is 4.44. The SMILES string of the molecule is CCN(c1cc(Cl)cc(C(=O)NCc2c(OC)[nH]c(C)cc2=O)c1C)[C@H]1CC[C@H](N(C)Cc2ccc3c(c2)OCO3)CC1. The van der Waals surface area contributed by atoms with Crippen LogP contribution in [0.3, 0.4) is 0 Å². The van der Waals surface area contributed by atoms with Gasteiger partial charge in [0, 0.05) is 53.2 Å². The molecule has 0 spiro atoms. The summed E-state index contributed by atoms with van der Waals surface area (Å²) in [6, 6.07) is 12.2. The number of methoxy groups -OCH3 is 1. The fourth-order valence-electron chi connectivity index (χ4n) is 6.38. The number of fused-ring (bicyclic) bond motifs is 1. The van der Waals surface area contributed by atoms with Crippen LogP contribution in [0.5, 0.6) is 17.4 Å². The highest BCUT2D eigenvalue weighted by Gasteiger charge is 2.29. The lowest BCUT2D eigenvalue weighted by Crippen LogP contribution is -2.43. The van der Waals surface area contributed by atoms with Crippen molar-refractivity contribution in [1.82, 2.24) is 15.2 Å². The standard InChI is InChI=1S/C33H41ClN4O5/c1-6-38(25-10-8-24(9-11-25)37(4)18-22-7-12-30-31(14-22)43-19-42-30)28-16-23(34)15-26(21(28)3)32(40)35-17-27-29(39)13-20(2)36-33(27)41-5/h7,12-16,24-25H,6,8-11,17-19H2,1-5H3,(H,35,40)(H,36,39)/t24-,25-. The van der Waals surface area contributed by atoms with Crippen LogP contribution >= 0.6 is 11.6 Å². The molecule has 1 saturated carbocycles. The van der Waals surface area contributed by atoms with E-state index in [0.29, 0.717) is 39.8 Å². The summed E-state index contributed by atoms with van der Waals surface area (Å²) in [4.78, 5) is 33.8. The van der Waals surface area contributed by atoms with Crippen molar-refractivity contribution in [2.24, 2.45) is 0 Å².